The highest BCUT2D eigenvalue weighted by atomic mass is 19.1. The van der Waals surface area contributed by atoms with Gasteiger partial charge in [0.25, 0.3) is 0 Å². The molecular formula is C16H27FN4. The highest BCUT2D eigenvalue weighted by Crippen LogP contribution is 2.27. The summed E-state index contributed by atoms with van der Waals surface area (Å²) in [7, 11) is 0. The van der Waals surface area contributed by atoms with Gasteiger partial charge >= 0.3 is 0 Å². The van der Waals surface area contributed by atoms with Crippen LogP contribution in [0.15, 0.2) is 6.20 Å². The first-order valence-corrected chi connectivity index (χ1v) is 8.13. The molecule has 0 aliphatic carbocycles. The van der Waals surface area contributed by atoms with Crippen molar-refractivity contribution in [1.82, 2.24) is 9.97 Å². The van der Waals surface area contributed by atoms with Crippen molar-refractivity contribution < 1.29 is 4.39 Å². The molecular weight excluding hydrogens is 267 g/mol. The Morgan fingerprint density at radius 2 is 2.19 bits per heavy atom. The zero-order chi connectivity index (χ0) is 15.2. The lowest BCUT2D eigenvalue weighted by atomic mass is 9.89. The van der Waals surface area contributed by atoms with E-state index in [0.717, 1.165) is 44.8 Å². The number of anilines is 2. The van der Waals surface area contributed by atoms with Gasteiger partial charge in [-0.1, -0.05) is 20.8 Å². The van der Waals surface area contributed by atoms with Gasteiger partial charge in [-0.15, -0.1) is 0 Å². The quantitative estimate of drug-likeness (QED) is 0.899. The fraction of sp³-hybridized carbons (Fsp3) is 0.750. The van der Waals surface area contributed by atoms with Crippen molar-refractivity contribution in [3.05, 3.63) is 12.0 Å². The Kier molecular flexibility index (Phi) is 5.76. The first kappa shape index (κ1) is 16.0. The average molecular weight is 294 g/mol. The molecule has 118 valence electrons. The van der Waals surface area contributed by atoms with Crippen LogP contribution in [-0.2, 0) is 0 Å². The standard InChI is InChI=1S/C16H27FN4/c1-4-8-18-16-19-11-14(17)15(20-16)21-9-5-6-13(7-10-21)12(2)3/h11-13H,4-10H2,1-3H3,(H,18,19,20). The van der Waals surface area contributed by atoms with Crippen molar-refractivity contribution in [3.63, 3.8) is 0 Å². The zero-order valence-electron chi connectivity index (χ0n) is 13.4. The van der Waals surface area contributed by atoms with Crippen LogP contribution in [0.5, 0.6) is 0 Å². The maximum Gasteiger partial charge on any atom is 0.224 e. The minimum absolute atomic E-state index is 0.319. The van der Waals surface area contributed by atoms with Gasteiger partial charge in [0, 0.05) is 19.6 Å². The molecule has 1 aliphatic heterocycles. The SMILES string of the molecule is CCCNc1ncc(F)c(N2CCCC(C(C)C)CC2)n1. The van der Waals surface area contributed by atoms with E-state index in [4.69, 9.17) is 0 Å². The van der Waals surface area contributed by atoms with Crippen molar-refractivity contribution in [2.45, 2.75) is 46.5 Å². The molecule has 0 radical (unpaired) electrons. The molecule has 0 saturated carbocycles. The molecule has 0 aromatic carbocycles. The summed E-state index contributed by atoms with van der Waals surface area (Å²) in [6.45, 7) is 9.20. The van der Waals surface area contributed by atoms with Crippen molar-refractivity contribution in [2.24, 2.45) is 11.8 Å². The summed E-state index contributed by atoms with van der Waals surface area (Å²) in [4.78, 5) is 10.5. The minimum Gasteiger partial charge on any atom is -0.354 e. The van der Waals surface area contributed by atoms with E-state index in [2.05, 4.69) is 41.0 Å². The van der Waals surface area contributed by atoms with E-state index in [-0.39, 0.29) is 5.82 Å². The number of hydrogen-bond acceptors (Lipinski definition) is 4. The van der Waals surface area contributed by atoms with E-state index in [1.54, 1.807) is 0 Å². The van der Waals surface area contributed by atoms with Gasteiger partial charge in [0.1, 0.15) is 0 Å². The van der Waals surface area contributed by atoms with E-state index < -0.39 is 0 Å². The van der Waals surface area contributed by atoms with E-state index in [0.29, 0.717) is 17.7 Å². The molecule has 1 aliphatic rings. The monoisotopic (exact) mass is 294 g/mol. The Bertz CT molecular complexity index is 450. The molecule has 4 nitrogen and oxygen atoms in total. The van der Waals surface area contributed by atoms with Crippen molar-refractivity contribution in [3.8, 4) is 0 Å². The fourth-order valence-corrected chi connectivity index (χ4v) is 2.90. The zero-order valence-corrected chi connectivity index (χ0v) is 13.4. The topological polar surface area (TPSA) is 41.1 Å². The molecule has 0 amide bonds. The average Bonchev–Trinajstić information content (AvgIpc) is 2.72. The highest BCUT2D eigenvalue weighted by Gasteiger charge is 2.22. The minimum atomic E-state index is -0.319. The van der Waals surface area contributed by atoms with Crippen molar-refractivity contribution in [2.75, 3.05) is 29.9 Å². The summed E-state index contributed by atoms with van der Waals surface area (Å²) in [5.41, 5.74) is 0. The molecule has 21 heavy (non-hydrogen) atoms. The smallest absolute Gasteiger partial charge is 0.224 e. The van der Waals surface area contributed by atoms with Gasteiger partial charge < -0.3 is 10.2 Å². The third-order valence-corrected chi connectivity index (χ3v) is 4.27. The van der Waals surface area contributed by atoms with Crippen LogP contribution in [0.2, 0.25) is 0 Å². The van der Waals surface area contributed by atoms with Gasteiger partial charge in [0.05, 0.1) is 6.20 Å². The summed E-state index contributed by atoms with van der Waals surface area (Å²) in [5.74, 6) is 2.09. The predicted molar refractivity (Wildman–Crippen MR) is 85.2 cm³/mol. The third kappa shape index (κ3) is 4.29. The Balaban J connectivity index is 2.09. The second-order valence-corrected chi connectivity index (χ2v) is 6.21. The van der Waals surface area contributed by atoms with Gasteiger partial charge in [-0.3, -0.25) is 0 Å². The van der Waals surface area contributed by atoms with Gasteiger partial charge in [-0.2, -0.15) is 4.98 Å². The Morgan fingerprint density at radius 1 is 1.38 bits per heavy atom. The van der Waals surface area contributed by atoms with Crippen LogP contribution in [0.25, 0.3) is 0 Å². The second kappa shape index (κ2) is 7.57. The molecule has 1 fully saturated rings. The van der Waals surface area contributed by atoms with E-state index >= 15 is 0 Å². The molecule has 2 heterocycles. The molecule has 1 unspecified atom stereocenters. The number of nitrogens with one attached hydrogen (secondary N) is 1. The van der Waals surface area contributed by atoms with Crippen molar-refractivity contribution in [1.29, 1.82) is 0 Å². The number of rotatable bonds is 5. The van der Waals surface area contributed by atoms with Crippen LogP contribution in [0, 0.1) is 17.7 Å². The predicted octanol–water partition coefficient (Wildman–Crippen LogP) is 3.70. The van der Waals surface area contributed by atoms with Crippen LogP contribution in [0.1, 0.15) is 46.5 Å². The van der Waals surface area contributed by atoms with Gasteiger partial charge in [-0.05, 0) is 37.5 Å². The molecule has 1 saturated heterocycles. The van der Waals surface area contributed by atoms with Gasteiger partial charge in [-0.25, -0.2) is 9.37 Å². The number of aromatic nitrogens is 2. The van der Waals surface area contributed by atoms with E-state index in [1.165, 1.54) is 12.6 Å². The Labute approximate surface area is 127 Å². The normalized spacial score (nSPS) is 19.7. The molecule has 0 spiro atoms. The highest BCUT2D eigenvalue weighted by molar-refractivity contribution is 5.44. The van der Waals surface area contributed by atoms with E-state index in [9.17, 15) is 4.39 Å². The van der Waals surface area contributed by atoms with Gasteiger partial charge in [0.2, 0.25) is 5.95 Å². The molecule has 2 rings (SSSR count). The summed E-state index contributed by atoms with van der Waals surface area (Å²) in [5, 5.41) is 3.13. The summed E-state index contributed by atoms with van der Waals surface area (Å²) < 4.78 is 14.1. The lowest BCUT2D eigenvalue weighted by Crippen LogP contribution is -2.27. The Hall–Kier alpha value is -1.39. The van der Waals surface area contributed by atoms with Crippen LogP contribution in [0.4, 0.5) is 16.2 Å². The molecule has 0 bridgehead atoms. The molecule has 1 N–H and O–H groups in total. The lowest BCUT2D eigenvalue weighted by molar-refractivity contribution is 0.351. The van der Waals surface area contributed by atoms with E-state index in [1.807, 2.05) is 0 Å². The summed E-state index contributed by atoms with van der Waals surface area (Å²) in [6, 6.07) is 0. The number of hydrogen-bond donors (Lipinski definition) is 1. The Morgan fingerprint density at radius 3 is 2.90 bits per heavy atom. The summed E-state index contributed by atoms with van der Waals surface area (Å²) in [6.07, 6.45) is 5.71. The molecule has 1 aromatic heterocycles. The third-order valence-electron chi connectivity index (χ3n) is 4.27. The maximum absolute atomic E-state index is 14.1. The maximum atomic E-state index is 14.1. The molecule has 1 aromatic rings. The number of nitrogens with zero attached hydrogens (tertiary/aromatic N) is 3. The molecule has 1 atom stereocenters. The fourth-order valence-electron chi connectivity index (χ4n) is 2.90. The van der Waals surface area contributed by atoms with Gasteiger partial charge in [0.15, 0.2) is 11.6 Å². The van der Waals surface area contributed by atoms with Crippen molar-refractivity contribution >= 4 is 11.8 Å². The second-order valence-electron chi connectivity index (χ2n) is 6.21. The van der Waals surface area contributed by atoms with Crippen LogP contribution in [0.3, 0.4) is 0 Å². The first-order valence-electron chi connectivity index (χ1n) is 8.13. The lowest BCUT2D eigenvalue weighted by Gasteiger charge is -2.23. The molecule has 5 heteroatoms. The van der Waals surface area contributed by atoms with Crippen LogP contribution >= 0.6 is 0 Å². The first-order chi connectivity index (χ1) is 10.1. The summed E-state index contributed by atoms with van der Waals surface area (Å²) >= 11 is 0. The van der Waals surface area contributed by atoms with Crippen LogP contribution < -0.4 is 10.2 Å². The number of halogens is 1. The van der Waals surface area contributed by atoms with Crippen LogP contribution in [-0.4, -0.2) is 29.6 Å². The largest absolute Gasteiger partial charge is 0.354 e.